The number of fused-ring (bicyclic) bond motifs is 1. The van der Waals surface area contributed by atoms with E-state index in [-0.39, 0.29) is 41.6 Å². The van der Waals surface area contributed by atoms with Crippen molar-refractivity contribution in [3.8, 4) is 0 Å². The van der Waals surface area contributed by atoms with Crippen molar-refractivity contribution < 1.29 is 13.5 Å². The monoisotopic (exact) mass is 434 g/mol. The number of aliphatic hydroxyl groups excluding tert-OH is 1. The molecule has 0 radical (unpaired) electrons. The Morgan fingerprint density at radius 1 is 1.10 bits per heavy atom. The van der Waals surface area contributed by atoms with E-state index in [0.717, 1.165) is 16.5 Å². The minimum absolute atomic E-state index is 0.0247. The molecule has 0 aliphatic carbocycles. The van der Waals surface area contributed by atoms with E-state index >= 15 is 0 Å². The number of aromatic amines is 1. The zero-order valence-corrected chi connectivity index (χ0v) is 17.8. The van der Waals surface area contributed by atoms with Gasteiger partial charge in [-0.05, 0) is 67.1 Å². The lowest BCUT2D eigenvalue weighted by atomic mass is 10.0. The van der Waals surface area contributed by atoms with Crippen LogP contribution in [0.25, 0.3) is 10.9 Å². The molecule has 0 saturated heterocycles. The molecule has 2 N–H and O–H groups in total. The maximum absolute atomic E-state index is 13.2. The summed E-state index contributed by atoms with van der Waals surface area (Å²) in [7, 11) is -3.95. The maximum Gasteiger partial charge on any atom is 0.252 e. The SMILES string of the molecule is Cc1cc2cc(CN(CCCO)S(=O)(=O)c3ccccc3Cl)c(=O)[nH]c2cc1C. The molecule has 0 atom stereocenters. The third kappa shape index (κ3) is 4.53. The Bertz CT molecular complexity index is 1210. The molecule has 29 heavy (non-hydrogen) atoms. The van der Waals surface area contributed by atoms with Gasteiger partial charge in [0.15, 0.2) is 0 Å². The summed E-state index contributed by atoms with van der Waals surface area (Å²) in [6.45, 7) is 3.73. The van der Waals surface area contributed by atoms with Gasteiger partial charge in [0.05, 0.1) is 5.02 Å². The van der Waals surface area contributed by atoms with Gasteiger partial charge < -0.3 is 10.1 Å². The van der Waals surface area contributed by atoms with Crippen molar-refractivity contribution in [2.45, 2.75) is 31.7 Å². The van der Waals surface area contributed by atoms with E-state index in [1.165, 1.54) is 16.4 Å². The summed E-state index contributed by atoms with van der Waals surface area (Å²) in [6.07, 6.45) is 0.244. The summed E-state index contributed by atoms with van der Waals surface area (Å²) in [5.74, 6) is 0. The van der Waals surface area contributed by atoms with Gasteiger partial charge in [-0.25, -0.2) is 8.42 Å². The molecule has 0 amide bonds. The third-order valence-electron chi connectivity index (χ3n) is 4.90. The smallest absolute Gasteiger partial charge is 0.252 e. The number of H-pyrrole nitrogens is 1. The number of nitrogens with zero attached hydrogens (tertiary/aromatic N) is 1. The van der Waals surface area contributed by atoms with Crippen LogP contribution in [-0.2, 0) is 16.6 Å². The van der Waals surface area contributed by atoms with E-state index in [9.17, 15) is 18.3 Å². The highest BCUT2D eigenvalue weighted by Gasteiger charge is 2.27. The Hall–Kier alpha value is -2.19. The van der Waals surface area contributed by atoms with Crippen LogP contribution in [0, 0.1) is 13.8 Å². The molecule has 0 fully saturated rings. The minimum atomic E-state index is -3.95. The molecule has 154 valence electrons. The number of aryl methyl sites for hydroxylation is 2. The molecular weight excluding hydrogens is 412 g/mol. The highest BCUT2D eigenvalue weighted by Crippen LogP contribution is 2.26. The number of hydrogen-bond donors (Lipinski definition) is 2. The number of aliphatic hydroxyl groups is 1. The number of sulfonamides is 1. The number of hydrogen-bond acceptors (Lipinski definition) is 4. The van der Waals surface area contributed by atoms with Crippen LogP contribution in [0.5, 0.6) is 0 Å². The van der Waals surface area contributed by atoms with Gasteiger partial charge in [0.1, 0.15) is 4.90 Å². The molecule has 6 nitrogen and oxygen atoms in total. The Morgan fingerprint density at radius 3 is 2.48 bits per heavy atom. The standard InChI is InChI=1S/C21H23ClN2O4S/c1-14-10-16-12-17(21(26)23-19(16)11-15(14)2)13-24(8-5-9-25)29(27,28)20-7-4-3-6-18(20)22/h3-4,6-7,10-12,25H,5,8-9,13H2,1-2H3,(H,23,26). The maximum atomic E-state index is 13.2. The number of pyridine rings is 1. The number of halogens is 1. The molecule has 2 aromatic carbocycles. The van der Waals surface area contributed by atoms with Crippen molar-refractivity contribution in [2.75, 3.05) is 13.2 Å². The van der Waals surface area contributed by atoms with Gasteiger partial charge in [0.2, 0.25) is 10.0 Å². The summed E-state index contributed by atoms with van der Waals surface area (Å²) in [4.78, 5) is 15.4. The van der Waals surface area contributed by atoms with Gasteiger partial charge in [-0.1, -0.05) is 23.7 Å². The summed E-state index contributed by atoms with van der Waals surface area (Å²) in [5.41, 5.74) is 2.83. The Kier molecular flexibility index (Phi) is 6.43. The average Bonchev–Trinajstić information content (AvgIpc) is 2.67. The molecule has 0 saturated carbocycles. The van der Waals surface area contributed by atoms with Gasteiger partial charge in [0.25, 0.3) is 5.56 Å². The van der Waals surface area contributed by atoms with Crippen LogP contribution in [0.4, 0.5) is 0 Å². The zero-order chi connectivity index (χ0) is 21.2. The van der Waals surface area contributed by atoms with Crippen LogP contribution in [0.3, 0.4) is 0 Å². The second kappa shape index (κ2) is 8.67. The molecule has 0 aliphatic heterocycles. The van der Waals surface area contributed by atoms with E-state index in [0.29, 0.717) is 11.1 Å². The largest absolute Gasteiger partial charge is 0.396 e. The first-order valence-corrected chi connectivity index (χ1v) is 11.0. The van der Waals surface area contributed by atoms with Gasteiger partial charge >= 0.3 is 0 Å². The second-order valence-electron chi connectivity index (χ2n) is 6.99. The lowest BCUT2D eigenvalue weighted by molar-refractivity contribution is 0.267. The lowest BCUT2D eigenvalue weighted by Crippen LogP contribution is -2.34. The molecule has 1 aromatic heterocycles. The normalized spacial score (nSPS) is 12.0. The Morgan fingerprint density at radius 2 is 1.79 bits per heavy atom. The fourth-order valence-corrected chi connectivity index (χ4v) is 5.10. The van der Waals surface area contributed by atoms with E-state index in [2.05, 4.69) is 4.98 Å². The summed E-state index contributed by atoms with van der Waals surface area (Å²) in [5, 5.41) is 10.2. The predicted octanol–water partition coefficient (Wildman–Crippen LogP) is 3.37. The van der Waals surface area contributed by atoms with Gasteiger partial charge in [-0.15, -0.1) is 0 Å². The molecule has 0 bridgehead atoms. The predicted molar refractivity (Wildman–Crippen MR) is 115 cm³/mol. The molecular formula is C21H23ClN2O4S. The van der Waals surface area contributed by atoms with E-state index in [1.54, 1.807) is 18.2 Å². The van der Waals surface area contributed by atoms with E-state index in [1.807, 2.05) is 26.0 Å². The van der Waals surface area contributed by atoms with Crippen LogP contribution in [0.2, 0.25) is 5.02 Å². The topological polar surface area (TPSA) is 90.5 Å². The molecule has 0 unspecified atom stereocenters. The lowest BCUT2D eigenvalue weighted by Gasteiger charge is -2.22. The first kappa shape index (κ1) is 21.5. The summed E-state index contributed by atoms with van der Waals surface area (Å²) in [6, 6.07) is 11.8. The molecule has 0 spiro atoms. The van der Waals surface area contributed by atoms with Crippen molar-refractivity contribution in [3.63, 3.8) is 0 Å². The van der Waals surface area contributed by atoms with E-state index < -0.39 is 10.0 Å². The van der Waals surface area contributed by atoms with Crippen molar-refractivity contribution in [1.82, 2.24) is 9.29 Å². The van der Waals surface area contributed by atoms with E-state index in [4.69, 9.17) is 11.6 Å². The summed E-state index contributed by atoms with van der Waals surface area (Å²) >= 11 is 6.11. The molecule has 0 aliphatic rings. The molecule has 3 aromatic rings. The van der Waals surface area contributed by atoms with Crippen LogP contribution in [0.15, 0.2) is 52.2 Å². The van der Waals surface area contributed by atoms with Crippen LogP contribution in [-0.4, -0.2) is 36.0 Å². The van der Waals surface area contributed by atoms with Crippen LogP contribution in [0.1, 0.15) is 23.1 Å². The Balaban J connectivity index is 2.05. The van der Waals surface area contributed by atoms with Gasteiger partial charge in [0, 0.05) is 30.8 Å². The van der Waals surface area contributed by atoms with Gasteiger partial charge in [-0.2, -0.15) is 4.31 Å². The highest BCUT2D eigenvalue weighted by atomic mass is 35.5. The zero-order valence-electron chi connectivity index (χ0n) is 16.3. The summed E-state index contributed by atoms with van der Waals surface area (Å²) < 4.78 is 27.6. The number of rotatable bonds is 7. The second-order valence-corrected chi connectivity index (χ2v) is 9.31. The third-order valence-corrected chi connectivity index (χ3v) is 7.25. The van der Waals surface area contributed by atoms with Crippen molar-refractivity contribution in [1.29, 1.82) is 0 Å². The fourth-order valence-electron chi connectivity index (χ4n) is 3.15. The van der Waals surface area contributed by atoms with Gasteiger partial charge in [-0.3, -0.25) is 4.79 Å². The first-order chi connectivity index (χ1) is 13.7. The average molecular weight is 435 g/mol. The Labute approximate surface area is 174 Å². The van der Waals surface area contributed by atoms with Crippen LogP contribution >= 0.6 is 11.6 Å². The van der Waals surface area contributed by atoms with Crippen molar-refractivity contribution >= 4 is 32.5 Å². The minimum Gasteiger partial charge on any atom is -0.396 e. The number of benzene rings is 2. The molecule has 8 heteroatoms. The fraction of sp³-hybridized carbons (Fsp3) is 0.286. The first-order valence-electron chi connectivity index (χ1n) is 9.22. The van der Waals surface area contributed by atoms with Crippen LogP contribution < -0.4 is 5.56 Å². The van der Waals surface area contributed by atoms with Crippen molar-refractivity contribution in [2.24, 2.45) is 0 Å². The number of aromatic nitrogens is 1. The number of nitrogens with one attached hydrogen (secondary N) is 1. The highest BCUT2D eigenvalue weighted by molar-refractivity contribution is 7.89. The molecule has 3 rings (SSSR count). The van der Waals surface area contributed by atoms with Crippen molar-refractivity contribution in [3.05, 3.63) is 74.5 Å². The molecule has 1 heterocycles. The quantitative estimate of drug-likeness (QED) is 0.596.